The summed E-state index contributed by atoms with van der Waals surface area (Å²) in [7, 11) is 2.05. The summed E-state index contributed by atoms with van der Waals surface area (Å²) >= 11 is 0. The zero-order valence-corrected chi connectivity index (χ0v) is 10.9. The van der Waals surface area contributed by atoms with Crippen LogP contribution < -0.4 is 5.32 Å². The Balaban J connectivity index is 1.97. The van der Waals surface area contributed by atoms with Gasteiger partial charge < -0.3 is 5.32 Å². The third-order valence-corrected chi connectivity index (χ3v) is 3.78. The highest BCUT2D eigenvalue weighted by Crippen LogP contribution is 2.25. The van der Waals surface area contributed by atoms with Gasteiger partial charge in [-0.2, -0.15) is 0 Å². The number of hydrogen-bond donors (Lipinski definition) is 1. The molecule has 2 heterocycles. The molecule has 3 nitrogen and oxygen atoms in total. The molecule has 2 atom stereocenters. The van der Waals surface area contributed by atoms with Crippen molar-refractivity contribution in [2.75, 3.05) is 26.7 Å². The van der Waals surface area contributed by atoms with Crippen molar-refractivity contribution in [3.63, 3.8) is 0 Å². The molecule has 17 heavy (non-hydrogen) atoms. The first-order valence-corrected chi connectivity index (χ1v) is 6.60. The van der Waals surface area contributed by atoms with Crippen molar-refractivity contribution >= 4 is 0 Å². The van der Waals surface area contributed by atoms with E-state index in [1.165, 1.54) is 31.5 Å². The monoisotopic (exact) mass is 233 g/mol. The molecule has 2 rings (SSSR count). The molecule has 1 aromatic rings. The molecule has 0 spiro atoms. The first-order valence-electron chi connectivity index (χ1n) is 6.60. The van der Waals surface area contributed by atoms with Crippen molar-refractivity contribution in [3.05, 3.63) is 30.1 Å². The highest BCUT2D eigenvalue weighted by molar-refractivity contribution is 5.14. The van der Waals surface area contributed by atoms with Gasteiger partial charge in [-0.25, -0.2) is 0 Å². The largest absolute Gasteiger partial charge is 0.319 e. The lowest BCUT2D eigenvalue weighted by Crippen LogP contribution is -2.40. The summed E-state index contributed by atoms with van der Waals surface area (Å²) in [6.45, 7) is 5.88. The maximum atomic E-state index is 4.09. The number of rotatable bonds is 4. The molecule has 1 fully saturated rings. The summed E-state index contributed by atoms with van der Waals surface area (Å²) in [5, 5.41) is 3.30. The number of piperidine rings is 1. The molecule has 1 aliphatic rings. The smallest absolute Gasteiger partial charge is 0.0321 e. The van der Waals surface area contributed by atoms with Crippen molar-refractivity contribution in [3.8, 4) is 0 Å². The van der Waals surface area contributed by atoms with Gasteiger partial charge in [-0.3, -0.25) is 9.88 Å². The Labute approximate surface area is 104 Å². The number of nitrogens with one attached hydrogen (secondary N) is 1. The minimum Gasteiger partial charge on any atom is -0.319 e. The summed E-state index contributed by atoms with van der Waals surface area (Å²) in [4.78, 5) is 6.69. The van der Waals surface area contributed by atoms with Crippen molar-refractivity contribution < 1.29 is 0 Å². The highest BCUT2D eigenvalue weighted by atomic mass is 15.2. The van der Waals surface area contributed by atoms with Crippen LogP contribution in [0.3, 0.4) is 0 Å². The summed E-state index contributed by atoms with van der Waals surface area (Å²) in [5.74, 6) is 0.804. The Morgan fingerprint density at radius 3 is 2.94 bits per heavy atom. The van der Waals surface area contributed by atoms with Crippen LogP contribution >= 0.6 is 0 Å². The van der Waals surface area contributed by atoms with Crippen LogP contribution in [-0.2, 0) is 0 Å². The van der Waals surface area contributed by atoms with E-state index in [4.69, 9.17) is 0 Å². The molecule has 0 amide bonds. The van der Waals surface area contributed by atoms with Gasteiger partial charge in [0.05, 0.1) is 0 Å². The Bertz CT molecular complexity index is 323. The first kappa shape index (κ1) is 12.5. The van der Waals surface area contributed by atoms with Crippen molar-refractivity contribution in [2.24, 2.45) is 5.92 Å². The molecule has 0 aliphatic carbocycles. The normalized spacial score (nSPS) is 23.5. The van der Waals surface area contributed by atoms with E-state index in [-0.39, 0.29) is 0 Å². The Kier molecular flexibility index (Phi) is 4.51. The predicted molar refractivity (Wildman–Crippen MR) is 70.9 cm³/mol. The molecule has 1 N–H and O–H groups in total. The van der Waals surface area contributed by atoms with Crippen LogP contribution in [0.4, 0.5) is 0 Å². The topological polar surface area (TPSA) is 28.2 Å². The fraction of sp³-hybridized carbons (Fsp3) is 0.643. The second-order valence-corrected chi connectivity index (χ2v) is 5.02. The number of hydrogen-bond acceptors (Lipinski definition) is 3. The third-order valence-electron chi connectivity index (χ3n) is 3.78. The lowest BCUT2D eigenvalue weighted by Gasteiger charge is -2.37. The zero-order chi connectivity index (χ0) is 12.1. The Morgan fingerprint density at radius 1 is 1.47 bits per heavy atom. The number of pyridine rings is 1. The van der Waals surface area contributed by atoms with Crippen molar-refractivity contribution in [1.29, 1.82) is 0 Å². The second-order valence-electron chi connectivity index (χ2n) is 5.02. The standard InChI is InChI=1S/C14H23N3/c1-12(14-5-7-16-8-6-14)17-9-3-4-13(11-17)10-15-2/h5-8,12-13,15H,3-4,9-11H2,1-2H3. The molecule has 1 aromatic heterocycles. The maximum absolute atomic E-state index is 4.09. The van der Waals surface area contributed by atoms with E-state index in [9.17, 15) is 0 Å². The number of aromatic nitrogens is 1. The summed E-state index contributed by atoms with van der Waals surface area (Å²) in [6, 6.07) is 4.77. The van der Waals surface area contributed by atoms with E-state index in [0.717, 1.165) is 12.5 Å². The minimum absolute atomic E-state index is 0.512. The van der Waals surface area contributed by atoms with Gasteiger partial charge in [0.15, 0.2) is 0 Å². The highest BCUT2D eigenvalue weighted by Gasteiger charge is 2.23. The van der Waals surface area contributed by atoms with Gasteiger partial charge >= 0.3 is 0 Å². The average molecular weight is 233 g/mol. The van der Waals surface area contributed by atoms with Crippen LogP contribution in [0.2, 0.25) is 0 Å². The van der Waals surface area contributed by atoms with E-state index in [2.05, 4.69) is 34.3 Å². The summed E-state index contributed by atoms with van der Waals surface area (Å²) < 4.78 is 0. The molecular formula is C14H23N3. The Morgan fingerprint density at radius 2 is 2.24 bits per heavy atom. The molecule has 2 unspecified atom stereocenters. The molecule has 1 aliphatic heterocycles. The predicted octanol–water partition coefficient (Wildman–Crippen LogP) is 2.07. The first-order chi connectivity index (χ1) is 8.31. The van der Waals surface area contributed by atoms with Gasteiger partial charge in [0, 0.05) is 25.0 Å². The molecule has 0 bridgehead atoms. The van der Waals surface area contributed by atoms with E-state index in [1.807, 2.05) is 19.4 Å². The third kappa shape index (κ3) is 3.27. The molecule has 1 saturated heterocycles. The number of nitrogens with zero attached hydrogens (tertiary/aromatic N) is 2. The summed E-state index contributed by atoms with van der Waals surface area (Å²) in [6.07, 6.45) is 6.46. The molecule has 0 aromatic carbocycles. The van der Waals surface area contributed by atoms with Crippen LogP contribution in [0, 0.1) is 5.92 Å². The molecule has 94 valence electrons. The van der Waals surface area contributed by atoms with E-state index >= 15 is 0 Å². The molecule has 3 heteroatoms. The van der Waals surface area contributed by atoms with Gasteiger partial charge in [0.1, 0.15) is 0 Å². The lowest BCUT2D eigenvalue weighted by molar-refractivity contribution is 0.131. The van der Waals surface area contributed by atoms with Gasteiger partial charge in [-0.05, 0) is 63.5 Å². The quantitative estimate of drug-likeness (QED) is 0.863. The van der Waals surface area contributed by atoms with E-state index < -0.39 is 0 Å². The van der Waals surface area contributed by atoms with Crippen LogP contribution in [0.15, 0.2) is 24.5 Å². The van der Waals surface area contributed by atoms with Crippen LogP contribution in [0.1, 0.15) is 31.4 Å². The second kappa shape index (κ2) is 6.12. The number of likely N-dealkylation sites (tertiary alicyclic amines) is 1. The van der Waals surface area contributed by atoms with Crippen molar-refractivity contribution in [2.45, 2.75) is 25.8 Å². The Hall–Kier alpha value is -0.930. The van der Waals surface area contributed by atoms with E-state index in [1.54, 1.807) is 0 Å². The summed E-state index contributed by atoms with van der Waals surface area (Å²) in [5.41, 5.74) is 1.38. The fourth-order valence-electron chi connectivity index (χ4n) is 2.76. The van der Waals surface area contributed by atoms with E-state index in [0.29, 0.717) is 6.04 Å². The van der Waals surface area contributed by atoms with Crippen LogP contribution in [0.25, 0.3) is 0 Å². The molecular weight excluding hydrogens is 210 g/mol. The van der Waals surface area contributed by atoms with Gasteiger partial charge in [0.25, 0.3) is 0 Å². The van der Waals surface area contributed by atoms with Gasteiger partial charge in [-0.15, -0.1) is 0 Å². The fourth-order valence-corrected chi connectivity index (χ4v) is 2.76. The average Bonchev–Trinajstić information content (AvgIpc) is 2.40. The van der Waals surface area contributed by atoms with Crippen molar-refractivity contribution in [1.82, 2.24) is 15.2 Å². The van der Waals surface area contributed by atoms with Crippen LogP contribution in [-0.4, -0.2) is 36.6 Å². The van der Waals surface area contributed by atoms with Crippen LogP contribution in [0.5, 0.6) is 0 Å². The maximum Gasteiger partial charge on any atom is 0.0321 e. The van der Waals surface area contributed by atoms with Gasteiger partial charge in [-0.1, -0.05) is 0 Å². The van der Waals surface area contributed by atoms with Gasteiger partial charge in [0.2, 0.25) is 0 Å². The lowest BCUT2D eigenvalue weighted by atomic mass is 9.95. The minimum atomic E-state index is 0.512. The zero-order valence-electron chi connectivity index (χ0n) is 10.9. The molecule has 0 saturated carbocycles. The SMILES string of the molecule is CNCC1CCCN(C(C)c2ccncc2)C1. The molecule has 0 radical (unpaired) electrons.